The molecule has 0 spiro atoms. The lowest BCUT2D eigenvalue weighted by Crippen LogP contribution is -2.50. The Balaban J connectivity index is 0. The molecule has 0 saturated heterocycles. The van der Waals surface area contributed by atoms with Crippen LogP contribution in [0.25, 0.3) is 0 Å². The molecule has 19 heavy (non-hydrogen) atoms. The van der Waals surface area contributed by atoms with Gasteiger partial charge in [-0.15, -0.1) is 0 Å². The summed E-state index contributed by atoms with van der Waals surface area (Å²) < 4.78 is 1.42. The molecule has 0 atom stereocenters. The van der Waals surface area contributed by atoms with E-state index in [9.17, 15) is 0 Å². The summed E-state index contributed by atoms with van der Waals surface area (Å²) in [5, 5.41) is 0. The molecule has 0 heterocycles. The molecule has 114 valence electrons. The SMILES string of the molecule is CCCC[N+](CCCC)(CCCC)CCCC.[C]=O. The van der Waals surface area contributed by atoms with Crippen molar-refractivity contribution in [2.24, 2.45) is 0 Å². The van der Waals surface area contributed by atoms with Crippen LogP contribution in [-0.2, 0) is 4.79 Å². The average Bonchev–Trinajstić information content (AvgIpc) is 2.48. The zero-order chi connectivity index (χ0) is 15.0. The van der Waals surface area contributed by atoms with Crippen molar-refractivity contribution < 1.29 is 9.28 Å². The molecule has 0 saturated carbocycles. The summed E-state index contributed by atoms with van der Waals surface area (Å²) in [7, 11) is 0. The highest BCUT2D eigenvalue weighted by Gasteiger charge is 2.24. The van der Waals surface area contributed by atoms with E-state index in [2.05, 4.69) is 34.5 Å². The van der Waals surface area contributed by atoms with Gasteiger partial charge in [0.05, 0.1) is 26.2 Å². The molecule has 0 aromatic carbocycles. The van der Waals surface area contributed by atoms with Crippen LogP contribution in [0.1, 0.15) is 79.1 Å². The normalized spacial score (nSPS) is 10.9. The maximum atomic E-state index is 7.50. The van der Waals surface area contributed by atoms with Crippen LogP contribution < -0.4 is 0 Å². The van der Waals surface area contributed by atoms with E-state index in [-0.39, 0.29) is 0 Å². The molecule has 0 rings (SSSR count). The first-order chi connectivity index (χ1) is 9.24. The second-order valence-corrected chi connectivity index (χ2v) is 5.65. The maximum Gasteiger partial charge on any atom is 0.281 e. The minimum absolute atomic E-state index is 1.35. The third kappa shape index (κ3) is 11.2. The predicted octanol–water partition coefficient (Wildman–Crippen LogP) is 4.61. The summed E-state index contributed by atoms with van der Waals surface area (Å²) in [5.41, 5.74) is 0. The largest absolute Gasteiger partial charge is 0.324 e. The molecule has 0 aliphatic rings. The van der Waals surface area contributed by atoms with Crippen LogP contribution in [0.5, 0.6) is 0 Å². The van der Waals surface area contributed by atoms with Gasteiger partial charge < -0.3 is 4.48 Å². The molecule has 2 nitrogen and oxygen atoms in total. The number of rotatable bonds is 12. The molecule has 2 radical (unpaired) electrons. The van der Waals surface area contributed by atoms with Gasteiger partial charge in [-0.05, 0) is 25.7 Å². The lowest BCUT2D eigenvalue weighted by molar-refractivity contribution is -0.929. The summed E-state index contributed by atoms with van der Waals surface area (Å²) in [6.07, 6.45) is 11.1. The molecule has 0 N–H and O–H groups in total. The molecule has 0 unspecified atom stereocenters. The number of quaternary nitrogens is 1. The van der Waals surface area contributed by atoms with Crippen molar-refractivity contribution in [2.45, 2.75) is 79.1 Å². The van der Waals surface area contributed by atoms with Crippen LogP contribution in [0.2, 0.25) is 0 Å². The van der Waals surface area contributed by atoms with Gasteiger partial charge in [0.2, 0.25) is 0 Å². The van der Waals surface area contributed by atoms with Crippen molar-refractivity contribution in [3.63, 3.8) is 0 Å². The van der Waals surface area contributed by atoms with E-state index >= 15 is 0 Å². The molecule has 0 aliphatic heterocycles. The zero-order valence-corrected chi connectivity index (χ0v) is 13.8. The third-order valence-electron chi connectivity index (χ3n) is 3.94. The maximum absolute atomic E-state index is 7.50. The molecule has 0 aromatic rings. The van der Waals surface area contributed by atoms with Crippen LogP contribution in [-0.4, -0.2) is 37.5 Å². The van der Waals surface area contributed by atoms with Crippen molar-refractivity contribution in [3.8, 4) is 0 Å². The fourth-order valence-corrected chi connectivity index (χ4v) is 2.64. The second-order valence-electron chi connectivity index (χ2n) is 5.65. The van der Waals surface area contributed by atoms with Crippen LogP contribution in [0.4, 0.5) is 0 Å². The monoisotopic (exact) mass is 270 g/mol. The summed E-state index contributed by atoms with van der Waals surface area (Å²) in [5.74, 6) is 0. The number of carbonyl (C=O) groups excluding carboxylic acids is 1. The Morgan fingerprint density at radius 2 is 0.789 bits per heavy atom. The fourth-order valence-electron chi connectivity index (χ4n) is 2.64. The zero-order valence-electron chi connectivity index (χ0n) is 13.8. The first kappa shape index (κ1) is 20.9. The minimum Gasteiger partial charge on any atom is -0.324 e. The van der Waals surface area contributed by atoms with E-state index in [0.29, 0.717) is 0 Å². The van der Waals surface area contributed by atoms with E-state index in [1.54, 1.807) is 0 Å². The Labute approximate surface area is 122 Å². The van der Waals surface area contributed by atoms with Crippen molar-refractivity contribution in [1.82, 2.24) is 0 Å². The Morgan fingerprint density at radius 3 is 0.947 bits per heavy atom. The van der Waals surface area contributed by atoms with Crippen molar-refractivity contribution >= 4 is 6.79 Å². The van der Waals surface area contributed by atoms with Crippen LogP contribution in [0, 0.1) is 0 Å². The van der Waals surface area contributed by atoms with Gasteiger partial charge in [-0.25, -0.2) is 0 Å². The summed E-state index contributed by atoms with van der Waals surface area (Å²) in [6.45, 7) is 19.5. The lowest BCUT2D eigenvalue weighted by atomic mass is 10.1. The Kier molecular flexibility index (Phi) is 17.3. The van der Waals surface area contributed by atoms with Gasteiger partial charge in [-0.2, -0.15) is 0 Å². The number of unbranched alkanes of at least 4 members (excludes halogenated alkanes) is 4. The Bertz CT molecular complexity index is 133. The number of nitrogens with zero attached hydrogens (tertiary/aromatic N) is 1. The van der Waals surface area contributed by atoms with Gasteiger partial charge in [0.15, 0.2) is 0 Å². The highest BCUT2D eigenvalue weighted by atomic mass is 16.1. The van der Waals surface area contributed by atoms with Gasteiger partial charge in [0.25, 0.3) is 6.79 Å². The van der Waals surface area contributed by atoms with Crippen LogP contribution >= 0.6 is 0 Å². The van der Waals surface area contributed by atoms with Crippen molar-refractivity contribution in [2.75, 3.05) is 26.2 Å². The first-order valence-corrected chi connectivity index (χ1v) is 8.30. The van der Waals surface area contributed by atoms with E-state index in [1.807, 2.05) is 0 Å². The molecule has 0 aliphatic carbocycles. The first-order valence-electron chi connectivity index (χ1n) is 8.30. The topological polar surface area (TPSA) is 17.1 Å². The summed E-state index contributed by atoms with van der Waals surface area (Å²) in [4.78, 5) is 7.50. The van der Waals surface area contributed by atoms with Gasteiger partial charge >= 0.3 is 0 Å². The molecule has 0 amide bonds. The molecule has 2 heteroatoms. The molecule has 0 bridgehead atoms. The van der Waals surface area contributed by atoms with Gasteiger partial charge in [-0.3, -0.25) is 4.79 Å². The van der Waals surface area contributed by atoms with Crippen LogP contribution in [0.3, 0.4) is 0 Å². The molecular formula is C17H36NO+. The molecular weight excluding hydrogens is 234 g/mol. The minimum atomic E-state index is 1.35. The lowest BCUT2D eigenvalue weighted by Gasteiger charge is -2.39. The fraction of sp³-hybridized carbons (Fsp3) is 0.941. The van der Waals surface area contributed by atoms with Gasteiger partial charge in [0, 0.05) is 0 Å². The Morgan fingerprint density at radius 1 is 0.579 bits per heavy atom. The predicted molar refractivity (Wildman–Crippen MR) is 85.1 cm³/mol. The van der Waals surface area contributed by atoms with Gasteiger partial charge in [0.1, 0.15) is 0 Å². The number of hydrogen-bond donors (Lipinski definition) is 0. The quantitative estimate of drug-likeness (QED) is 0.473. The van der Waals surface area contributed by atoms with E-state index < -0.39 is 0 Å². The Hall–Kier alpha value is -0.370. The standard InChI is InChI=1S/C16H36N.CO/c1-5-9-13-17(14-10-6-2,15-11-7-3)16-12-8-4;1-2/h5-16H2,1-4H3;/q+1;. The smallest absolute Gasteiger partial charge is 0.281 e. The average molecular weight is 270 g/mol. The second kappa shape index (κ2) is 15.7. The van der Waals surface area contributed by atoms with Crippen molar-refractivity contribution in [1.29, 1.82) is 0 Å². The highest BCUT2D eigenvalue weighted by molar-refractivity contribution is 5.12. The third-order valence-corrected chi connectivity index (χ3v) is 3.94. The van der Waals surface area contributed by atoms with Gasteiger partial charge in [-0.1, -0.05) is 53.4 Å². The summed E-state index contributed by atoms with van der Waals surface area (Å²) in [6, 6.07) is 0. The number of hydrogen-bond acceptors (Lipinski definition) is 1. The van der Waals surface area contributed by atoms with Crippen LogP contribution in [0.15, 0.2) is 0 Å². The highest BCUT2D eigenvalue weighted by Crippen LogP contribution is 2.16. The molecule has 0 fully saturated rings. The molecule has 0 aromatic heterocycles. The van der Waals surface area contributed by atoms with E-state index in [0.717, 1.165) is 0 Å². The van der Waals surface area contributed by atoms with Crippen molar-refractivity contribution in [3.05, 3.63) is 0 Å². The van der Waals surface area contributed by atoms with E-state index in [1.165, 1.54) is 82.0 Å². The summed E-state index contributed by atoms with van der Waals surface area (Å²) >= 11 is 0. The van der Waals surface area contributed by atoms with E-state index in [4.69, 9.17) is 4.79 Å².